The second kappa shape index (κ2) is 10.6. The number of aromatic hydroxyl groups is 1. The zero-order chi connectivity index (χ0) is 24.1. The van der Waals surface area contributed by atoms with Crippen molar-refractivity contribution < 1.29 is 23.0 Å². The Morgan fingerprint density at radius 3 is 2.56 bits per heavy atom. The van der Waals surface area contributed by atoms with Gasteiger partial charge in [0.1, 0.15) is 28.9 Å². The molecule has 1 unspecified atom stereocenters. The lowest BCUT2D eigenvalue weighted by Crippen LogP contribution is -2.24. The quantitative estimate of drug-likeness (QED) is 0.322. The maximum atomic E-state index is 12.9. The molecule has 0 saturated heterocycles. The fourth-order valence-electron chi connectivity index (χ4n) is 2.83. The summed E-state index contributed by atoms with van der Waals surface area (Å²) in [7, 11) is 2.83. The number of benzene rings is 1. The van der Waals surface area contributed by atoms with Crippen LogP contribution in [0, 0.1) is 18.3 Å². The molecule has 0 bridgehead atoms. The number of hydrogen-bond donors (Lipinski definition) is 1. The molecule has 1 N–H and O–H groups in total. The van der Waals surface area contributed by atoms with E-state index in [1.807, 2.05) is 13.0 Å². The van der Waals surface area contributed by atoms with Crippen molar-refractivity contribution in [2.75, 3.05) is 20.3 Å². The van der Waals surface area contributed by atoms with Gasteiger partial charge in [-0.3, -0.25) is 9.36 Å². The van der Waals surface area contributed by atoms with Crippen LogP contribution in [0.2, 0.25) is 0 Å². The summed E-state index contributed by atoms with van der Waals surface area (Å²) in [5.74, 6) is -0.418. The highest BCUT2D eigenvalue weighted by molar-refractivity contribution is 8.13. The molecule has 0 radical (unpaired) electrons. The summed E-state index contributed by atoms with van der Waals surface area (Å²) in [6.45, 7) is 5.37. The molecule has 0 saturated carbocycles. The highest BCUT2D eigenvalue weighted by atomic mass is 35.7. The van der Waals surface area contributed by atoms with Gasteiger partial charge < -0.3 is 14.6 Å². The van der Waals surface area contributed by atoms with E-state index in [1.165, 1.54) is 26.2 Å². The third-order valence-electron chi connectivity index (χ3n) is 4.75. The average Bonchev–Trinajstić information content (AvgIpc) is 2.73. The van der Waals surface area contributed by atoms with Crippen molar-refractivity contribution in [3.63, 3.8) is 0 Å². The number of halogens is 1. The molecule has 0 aliphatic rings. The maximum absolute atomic E-state index is 12.9. The molecule has 172 valence electrons. The molecule has 1 heterocycles. The Hall–Kier alpha value is -2.94. The summed E-state index contributed by atoms with van der Waals surface area (Å²) < 4.78 is 35.3. The van der Waals surface area contributed by atoms with Crippen LogP contribution in [0.3, 0.4) is 0 Å². The highest BCUT2D eigenvalue weighted by Gasteiger charge is 2.22. The van der Waals surface area contributed by atoms with E-state index >= 15 is 0 Å². The first-order valence-electron chi connectivity index (χ1n) is 9.57. The second-order valence-electron chi connectivity index (χ2n) is 6.83. The second-order valence-corrected chi connectivity index (χ2v) is 9.36. The van der Waals surface area contributed by atoms with Crippen molar-refractivity contribution >= 4 is 31.1 Å². The summed E-state index contributed by atoms with van der Waals surface area (Å²) in [5, 5.41) is 27.7. The minimum absolute atomic E-state index is 0.0164. The smallest absolute Gasteiger partial charge is 0.281 e. The third kappa shape index (κ3) is 5.45. The normalized spacial score (nSPS) is 12.6. The van der Waals surface area contributed by atoms with Crippen molar-refractivity contribution in [1.29, 1.82) is 5.26 Å². The van der Waals surface area contributed by atoms with Crippen molar-refractivity contribution in [2.45, 2.75) is 38.1 Å². The van der Waals surface area contributed by atoms with Gasteiger partial charge in [0, 0.05) is 29.4 Å². The molecule has 1 atom stereocenters. The van der Waals surface area contributed by atoms with Gasteiger partial charge in [0.2, 0.25) is 5.88 Å². The number of hydrogen-bond acceptors (Lipinski definition) is 9. The van der Waals surface area contributed by atoms with Gasteiger partial charge >= 0.3 is 0 Å². The van der Waals surface area contributed by atoms with Crippen LogP contribution in [0.15, 0.2) is 38.1 Å². The Bertz CT molecular complexity index is 1230. The van der Waals surface area contributed by atoms with Gasteiger partial charge in [-0.05, 0) is 38.5 Å². The van der Waals surface area contributed by atoms with Crippen LogP contribution in [0.25, 0.3) is 0 Å². The summed E-state index contributed by atoms with van der Waals surface area (Å²) in [5.41, 5.74) is -0.617. The predicted molar refractivity (Wildman–Crippen MR) is 118 cm³/mol. The van der Waals surface area contributed by atoms with Crippen molar-refractivity contribution in [2.24, 2.45) is 10.2 Å². The van der Waals surface area contributed by atoms with Crippen LogP contribution in [0.1, 0.15) is 37.4 Å². The van der Waals surface area contributed by atoms with Gasteiger partial charge in [-0.1, -0.05) is 6.92 Å². The Labute approximate surface area is 190 Å². The monoisotopic (exact) mass is 482 g/mol. The largest absolute Gasteiger partial charge is 0.493 e. The number of nitriles is 1. The predicted octanol–water partition coefficient (Wildman–Crippen LogP) is 4.07. The van der Waals surface area contributed by atoms with Gasteiger partial charge in [-0.15, -0.1) is 5.11 Å². The fourth-order valence-corrected chi connectivity index (χ4v) is 3.82. The Morgan fingerprint density at radius 2 is 2.00 bits per heavy atom. The molecule has 32 heavy (non-hydrogen) atoms. The van der Waals surface area contributed by atoms with Gasteiger partial charge in [-0.2, -0.15) is 10.4 Å². The minimum atomic E-state index is -4.17. The Morgan fingerprint density at radius 1 is 1.31 bits per heavy atom. The number of aromatic nitrogens is 1. The lowest BCUT2D eigenvalue weighted by Gasteiger charge is -2.17. The van der Waals surface area contributed by atoms with Crippen LogP contribution >= 0.6 is 10.7 Å². The first-order valence-corrected chi connectivity index (χ1v) is 11.9. The van der Waals surface area contributed by atoms with Gasteiger partial charge in [0.25, 0.3) is 14.6 Å². The summed E-state index contributed by atoms with van der Waals surface area (Å²) in [6.07, 6.45) is 0.527. The molecule has 1 aromatic carbocycles. The highest BCUT2D eigenvalue weighted by Crippen LogP contribution is 2.33. The SMILES string of the molecule is CCC(C)n1c(O)c(C#N)c(C)c(N=Nc2ccc(OCCOC)c(S(=O)(=O)Cl)c2)c1=O. The Kier molecular flexibility index (Phi) is 8.38. The first kappa shape index (κ1) is 25.3. The molecular weight excluding hydrogens is 460 g/mol. The van der Waals surface area contributed by atoms with Crippen LogP contribution in [-0.2, 0) is 13.8 Å². The molecule has 0 amide bonds. The minimum Gasteiger partial charge on any atom is -0.493 e. The molecule has 2 rings (SSSR count). The average molecular weight is 483 g/mol. The van der Waals surface area contributed by atoms with Gasteiger partial charge in [-0.25, -0.2) is 8.42 Å². The molecule has 1 aromatic heterocycles. The van der Waals surface area contributed by atoms with Gasteiger partial charge in [0.05, 0.1) is 12.3 Å². The number of rotatable bonds is 9. The number of azo groups is 1. The van der Waals surface area contributed by atoms with E-state index < -0.39 is 20.5 Å². The lowest BCUT2D eigenvalue weighted by atomic mass is 10.1. The molecular formula is C20H23ClN4O6S. The zero-order valence-electron chi connectivity index (χ0n) is 18.0. The zero-order valence-corrected chi connectivity index (χ0v) is 19.6. The number of methoxy groups -OCH3 is 1. The molecule has 12 heteroatoms. The lowest BCUT2D eigenvalue weighted by molar-refractivity contribution is 0.144. The van der Waals surface area contributed by atoms with E-state index in [9.17, 15) is 23.6 Å². The van der Waals surface area contributed by atoms with Crippen LogP contribution < -0.4 is 10.3 Å². The van der Waals surface area contributed by atoms with E-state index in [2.05, 4.69) is 10.2 Å². The van der Waals surface area contributed by atoms with Crippen LogP contribution in [0.4, 0.5) is 11.4 Å². The molecule has 0 fully saturated rings. The standard InChI is InChI=1S/C20H23ClN4O6S/c1-5-12(2)25-19(26)15(11-22)13(3)18(20(25)27)24-23-14-6-7-16(31-9-8-30-4)17(10-14)32(21,28)29/h6-7,10,12,26H,5,8-9H2,1-4H3. The summed E-state index contributed by atoms with van der Waals surface area (Å²) in [6, 6.07) is 5.44. The van der Waals surface area contributed by atoms with Crippen LogP contribution in [-0.4, -0.2) is 38.4 Å². The number of pyridine rings is 1. The molecule has 10 nitrogen and oxygen atoms in total. The van der Waals surface area contributed by atoms with Crippen molar-refractivity contribution in [1.82, 2.24) is 4.57 Å². The molecule has 0 aliphatic carbocycles. The maximum Gasteiger partial charge on any atom is 0.281 e. The van der Waals surface area contributed by atoms with E-state index in [-0.39, 0.29) is 52.4 Å². The summed E-state index contributed by atoms with van der Waals surface area (Å²) >= 11 is 0. The van der Waals surface area contributed by atoms with E-state index in [0.29, 0.717) is 6.42 Å². The molecule has 2 aromatic rings. The van der Waals surface area contributed by atoms with Gasteiger partial charge in [0.15, 0.2) is 5.69 Å². The topological polar surface area (TPSA) is 143 Å². The van der Waals surface area contributed by atoms with E-state index in [0.717, 1.165) is 10.6 Å². The van der Waals surface area contributed by atoms with E-state index in [1.54, 1.807) is 6.92 Å². The van der Waals surface area contributed by atoms with Crippen molar-refractivity contribution in [3.05, 3.63) is 39.7 Å². The van der Waals surface area contributed by atoms with Crippen molar-refractivity contribution in [3.8, 4) is 17.7 Å². The Balaban J connectivity index is 2.58. The third-order valence-corrected chi connectivity index (χ3v) is 6.09. The number of ether oxygens (including phenoxy) is 2. The van der Waals surface area contributed by atoms with E-state index in [4.69, 9.17) is 20.2 Å². The van der Waals surface area contributed by atoms with Crippen LogP contribution in [0.5, 0.6) is 11.6 Å². The molecule has 0 aliphatic heterocycles. The fraction of sp³-hybridized carbons (Fsp3) is 0.400. The molecule has 0 spiro atoms. The first-order chi connectivity index (χ1) is 15.1. The summed E-state index contributed by atoms with van der Waals surface area (Å²) in [4.78, 5) is 12.6. The number of nitrogens with zero attached hydrogens (tertiary/aromatic N) is 4.